The molecule has 0 bridgehead atoms. The topological polar surface area (TPSA) is 34.0 Å². The smallest absolute Gasteiger partial charge is 0.162 e. The van der Waals surface area contributed by atoms with Gasteiger partial charge in [0.2, 0.25) is 0 Å². The molecule has 0 saturated heterocycles. The standard InChI is InChI=1S/C36H24N4/c1-3-13-25(14-4-1)29-24-35(38-36(37-29)26-15-5-2-6-16-26)40-31-20-10-8-18-28(31)34-23-27-17-7-9-19-30(27)39(34)32-21-11-12-22-33(32)40/h1-24H. The number of aromatic nitrogens is 3. The summed E-state index contributed by atoms with van der Waals surface area (Å²) in [5.74, 6) is 1.52. The summed E-state index contributed by atoms with van der Waals surface area (Å²) in [5, 5.41) is 1.22. The molecule has 1 aliphatic heterocycles. The number of benzene rings is 5. The van der Waals surface area contributed by atoms with Gasteiger partial charge in [-0.15, -0.1) is 0 Å². The van der Waals surface area contributed by atoms with Crippen LogP contribution in [0.4, 0.5) is 17.2 Å². The molecule has 7 aromatic rings. The lowest BCUT2D eigenvalue weighted by molar-refractivity contribution is 1.11. The number of para-hydroxylation sites is 4. The Labute approximate surface area is 232 Å². The first-order chi connectivity index (χ1) is 19.8. The van der Waals surface area contributed by atoms with Crippen LogP contribution in [0.1, 0.15) is 0 Å². The van der Waals surface area contributed by atoms with E-state index >= 15 is 0 Å². The largest absolute Gasteiger partial charge is 0.307 e. The van der Waals surface area contributed by atoms with E-state index in [2.05, 4.69) is 119 Å². The number of anilines is 3. The molecule has 1 aliphatic rings. The minimum absolute atomic E-state index is 0.696. The predicted molar refractivity (Wildman–Crippen MR) is 163 cm³/mol. The summed E-state index contributed by atoms with van der Waals surface area (Å²) < 4.78 is 2.38. The molecule has 188 valence electrons. The van der Waals surface area contributed by atoms with E-state index in [0.717, 1.165) is 51.0 Å². The number of fused-ring (bicyclic) bond motifs is 7. The van der Waals surface area contributed by atoms with Crippen molar-refractivity contribution < 1.29 is 0 Å². The first kappa shape index (κ1) is 22.5. The number of nitrogens with zero attached hydrogens (tertiary/aromatic N) is 4. The van der Waals surface area contributed by atoms with Gasteiger partial charge >= 0.3 is 0 Å². The SMILES string of the molecule is c1ccc(-c2cc(N3c4ccccc4-c4cc5ccccc5n4-c4ccccc43)nc(-c3ccccc3)n2)cc1. The molecule has 0 amide bonds. The third kappa shape index (κ3) is 3.54. The third-order valence-electron chi connectivity index (χ3n) is 7.54. The van der Waals surface area contributed by atoms with Gasteiger partial charge in [-0.3, -0.25) is 4.90 Å². The van der Waals surface area contributed by atoms with Gasteiger partial charge in [-0.25, -0.2) is 9.97 Å². The molecule has 5 aromatic carbocycles. The average molecular weight is 513 g/mol. The average Bonchev–Trinajstić information content (AvgIpc) is 3.36. The van der Waals surface area contributed by atoms with Gasteiger partial charge < -0.3 is 4.57 Å². The Hall–Kier alpha value is -5.48. The molecule has 0 unspecified atom stereocenters. The summed E-state index contributed by atoms with van der Waals surface area (Å²) >= 11 is 0. The highest BCUT2D eigenvalue weighted by Gasteiger charge is 2.28. The van der Waals surface area contributed by atoms with Crippen LogP contribution >= 0.6 is 0 Å². The van der Waals surface area contributed by atoms with Crippen LogP contribution in [0.5, 0.6) is 0 Å². The van der Waals surface area contributed by atoms with Gasteiger partial charge in [0.1, 0.15) is 5.82 Å². The van der Waals surface area contributed by atoms with Gasteiger partial charge in [0.05, 0.1) is 34.0 Å². The van der Waals surface area contributed by atoms with Gasteiger partial charge in [-0.05, 0) is 30.3 Å². The number of hydrogen-bond acceptors (Lipinski definition) is 3. The fourth-order valence-corrected chi connectivity index (χ4v) is 5.74. The minimum Gasteiger partial charge on any atom is -0.307 e. The van der Waals surface area contributed by atoms with Crippen molar-refractivity contribution >= 4 is 28.1 Å². The van der Waals surface area contributed by atoms with E-state index in [-0.39, 0.29) is 0 Å². The van der Waals surface area contributed by atoms with Gasteiger partial charge in [0.15, 0.2) is 5.82 Å². The Morgan fingerprint density at radius 1 is 0.475 bits per heavy atom. The lowest BCUT2D eigenvalue weighted by Crippen LogP contribution is -2.14. The zero-order chi connectivity index (χ0) is 26.5. The predicted octanol–water partition coefficient (Wildman–Crippen LogP) is 9.20. The van der Waals surface area contributed by atoms with Crippen molar-refractivity contribution in [2.24, 2.45) is 0 Å². The molecule has 8 rings (SSSR count). The molecule has 3 heterocycles. The second kappa shape index (κ2) is 9.07. The van der Waals surface area contributed by atoms with Crippen LogP contribution in [0.3, 0.4) is 0 Å². The summed E-state index contributed by atoms with van der Waals surface area (Å²) in [6.07, 6.45) is 0. The van der Waals surface area contributed by atoms with Crippen LogP contribution in [0.15, 0.2) is 146 Å². The second-order valence-electron chi connectivity index (χ2n) is 9.93. The quantitative estimate of drug-likeness (QED) is 0.237. The number of hydrogen-bond donors (Lipinski definition) is 0. The fourth-order valence-electron chi connectivity index (χ4n) is 5.74. The van der Waals surface area contributed by atoms with Crippen molar-refractivity contribution in [2.45, 2.75) is 0 Å². The Morgan fingerprint density at radius 2 is 1.10 bits per heavy atom. The zero-order valence-electron chi connectivity index (χ0n) is 21.6. The summed E-state index contributed by atoms with van der Waals surface area (Å²) in [7, 11) is 0. The molecule has 4 heteroatoms. The molecular formula is C36H24N4. The van der Waals surface area contributed by atoms with Crippen LogP contribution in [0.2, 0.25) is 0 Å². The van der Waals surface area contributed by atoms with Crippen LogP contribution in [0, 0.1) is 0 Å². The second-order valence-corrected chi connectivity index (χ2v) is 9.93. The fraction of sp³-hybridized carbons (Fsp3) is 0. The summed E-state index contributed by atoms with van der Waals surface area (Å²) in [4.78, 5) is 12.5. The first-order valence-corrected chi connectivity index (χ1v) is 13.4. The molecule has 0 spiro atoms. The van der Waals surface area contributed by atoms with Gasteiger partial charge in [0.25, 0.3) is 0 Å². The number of rotatable bonds is 3. The van der Waals surface area contributed by atoms with Crippen molar-refractivity contribution in [3.05, 3.63) is 146 Å². The molecule has 0 radical (unpaired) electrons. The van der Waals surface area contributed by atoms with Crippen molar-refractivity contribution in [3.8, 4) is 39.6 Å². The Kier molecular flexibility index (Phi) is 5.10. The Bertz CT molecular complexity index is 1950. The highest BCUT2D eigenvalue weighted by molar-refractivity contribution is 5.99. The van der Waals surface area contributed by atoms with E-state index in [1.54, 1.807) is 0 Å². The van der Waals surface area contributed by atoms with Crippen molar-refractivity contribution in [2.75, 3.05) is 4.90 Å². The van der Waals surface area contributed by atoms with E-state index < -0.39 is 0 Å². The van der Waals surface area contributed by atoms with E-state index in [1.165, 1.54) is 10.9 Å². The minimum atomic E-state index is 0.696. The van der Waals surface area contributed by atoms with Gasteiger partial charge in [0, 0.05) is 28.1 Å². The van der Waals surface area contributed by atoms with Crippen molar-refractivity contribution in [1.82, 2.24) is 14.5 Å². The van der Waals surface area contributed by atoms with Gasteiger partial charge in [-0.2, -0.15) is 0 Å². The lowest BCUT2D eigenvalue weighted by atomic mass is 10.1. The van der Waals surface area contributed by atoms with E-state index in [0.29, 0.717) is 5.82 Å². The van der Waals surface area contributed by atoms with E-state index in [9.17, 15) is 0 Å². The highest BCUT2D eigenvalue weighted by Crippen LogP contribution is 2.48. The first-order valence-electron chi connectivity index (χ1n) is 13.4. The summed E-state index contributed by atoms with van der Waals surface area (Å²) in [6, 6.07) is 50.7. The lowest BCUT2D eigenvalue weighted by Gasteiger charge is -2.26. The van der Waals surface area contributed by atoms with Crippen LogP contribution in [0.25, 0.3) is 50.5 Å². The molecule has 0 atom stereocenters. The van der Waals surface area contributed by atoms with E-state index in [1.807, 2.05) is 36.4 Å². The third-order valence-corrected chi connectivity index (χ3v) is 7.54. The molecule has 40 heavy (non-hydrogen) atoms. The van der Waals surface area contributed by atoms with Crippen LogP contribution < -0.4 is 4.90 Å². The maximum Gasteiger partial charge on any atom is 0.162 e. The monoisotopic (exact) mass is 512 g/mol. The molecule has 0 fully saturated rings. The van der Waals surface area contributed by atoms with Gasteiger partial charge in [-0.1, -0.05) is 109 Å². The highest BCUT2D eigenvalue weighted by atomic mass is 15.2. The molecular weight excluding hydrogens is 488 g/mol. The maximum atomic E-state index is 5.21. The normalized spacial score (nSPS) is 11.9. The molecule has 0 saturated carbocycles. The maximum absolute atomic E-state index is 5.21. The summed E-state index contributed by atoms with van der Waals surface area (Å²) in [5.41, 5.74) is 9.65. The zero-order valence-corrected chi connectivity index (χ0v) is 21.6. The molecule has 0 N–H and O–H groups in total. The van der Waals surface area contributed by atoms with Crippen molar-refractivity contribution in [1.29, 1.82) is 0 Å². The summed E-state index contributed by atoms with van der Waals surface area (Å²) in [6.45, 7) is 0. The van der Waals surface area contributed by atoms with Crippen LogP contribution in [-0.2, 0) is 0 Å². The molecule has 4 nitrogen and oxygen atoms in total. The Morgan fingerprint density at radius 3 is 1.90 bits per heavy atom. The molecule has 0 aliphatic carbocycles. The molecule has 2 aromatic heterocycles. The van der Waals surface area contributed by atoms with Crippen LogP contribution in [-0.4, -0.2) is 14.5 Å². The Balaban J connectivity index is 1.45. The van der Waals surface area contributed by atoms with E-state index in [4.69, 9.17) is 9.97 Å². The van der Waals surface area contributed by atoms with Crippen molar-refractivity contribution in [3.63, 3.8) is 0 Å².